The predicted molar refractivity (Wildman–Crippen MR) is 108 cm³/mol. The normalized spacial score (nSPS) is 15.6. The number of nitrogens with one attached hydrogen (secondary N) is 2. The molecular formula is C21H26N2O3S. The average molecular weight is 387 g/mol. The van der Waals surface area contributed by atoms with Crippen molar-refractivity contribution in [1.82, 2.24) is 5.32 Å². The molecule has 0 bridgehead atoms. The van der Waals surface area contributed by atoms with Gasteiger partial charge in [0.25, 0.3) is 0 Å². The molecular weight excluding hydrogens is 360 g/mol. The first-order valence-electron chi connectivity index (χ1n) is 9.38. The van der Waals surface area contributed by atoms with Crippen LogP contribution in [0, 0.1) is 0 Å². The fraction of sp³-hybridized carbons (Fsp3) is 0.381. The van der Waals surface area contributed by atoms with Gasteiger partial charge in [-0.1, -0.05) is 48.9 Å². The van der Waals surface area contributed by atoms with Crippen LogP contribution in [0.25, 0.3) is 0 Å². The number of amides is 1. The molecule has 144 valence electrons. The monoisotopic (exact) mass is 386 g/mol. The predicted octanol–water partition coefficient (Wildman–Crippen LogP) is 3.23. The highest BCUT2D eigenvalue weighted by Crippen LogP contribution is 2.44. The second-order valence-corrected chi connectivity index (χ2v) is 9.02. The van der Waals surface area contributed by atoms with Crippen LogP contribution < -0.4 is 10.0 Å². The van der Waals surface area contributed by atoms with Crippen molar-refractivity contribution in [2.75, 3.05) is 17.0 Å². The quantitative estimate of drug-likeness (QED) is 0.731. The van der Waals surface area contributed by atoms with E-state index < -0.39 is 15.4 Å². The molecule has 1 amide bonds. The summed E-state index contributed by atoms with van der Waals surface area (Å²) in [7, 11) is -3.30. The molecule has 2 aromatic carbocycles. The molecule has 0 heterocycles. The lowest BCUT2D eigenvalue weighted by atomic mass is 9.64. The zero-order valence-corrected chi connectivity index (χ0v) is 16.4. The molecule has 1 saturated carbocycles. The third-order valence-electron chi connectivity index (χ3n) is 5.27. The summed E-state index contributed by atoms with van der Waals surface area (Å²) in [6.07, 6.45) is 3.48. The Morgan fingerprint density at radius 2 is 1.70 bits per heavy atom. The van der Waals surface area contributed by atoms with Gasteiger partial charge in [0.15, 0.2) is 0 Å². The van der Waals surface area contributed by atoms with E-state index in [2.05, 4.69) is 22.2 Å². The van der Waals surface area contributed by atoms with Crippen molar-refractivity contribution >= 4 is 21.6 Å². The molecule has 2 N–H and O–H groups in total. The SMILES string of the molecule is CCS(=O)(=O)Nc1ccc(C2(C(=O)NCCc3ccccc3)CCC2)cc1. The van der Waals surface area contributed by atoms with Crippen LogP contribution >= 0.6 is 0 Å². The summed E-state index contributed by atoms with van der Waals surface area (Å²) in [6, 6.07) is 17.3. The minimum absolute atomic E-state index is 0.0303. The van der Waals surface area contributed by atoms with Crippen LogP contribution in [0.15, 0.2) is 54.6 Å². The minimum Gasteiger partial charge on any atom is -0.355 e. The van der Waals surface area contributed by atoms with E-state index in [9.17, 15) is 13.2 Å². The maximum absolute atomic E-state index is 12.9. The second-order valence-electron chi connectivity index (χ2n) is 7.01. The van der Waals surface area contributed by atoms with Crippen LogP contribution in [0.3, 0.4) is 0 Å². The zero-order chi connectivity index (χ0) is 19.3. The number of rotatable bonds is 8. The lowest BCUT2D eigenvalue weighted by Gasteiger charge is -2.40. The van der Waals surface area contributed by atoms with E-state index in [0.717, 1.165) is 31.2 Å². The Kier molecular flexibility index (Phi) is 5.85. The number of carbonyl (C=O) groups is 1. The van der Waals surface area contributed by atoms with Gasteiger partial charge in [0, 0.05) is 12.2 Å². The number of sulfonamides is 1. The lowest BCUT2D eigenvalue weighted by molar-refractivity contribution is -0.129. The Hall–Kier alpha value is -2.34. The van der Waals surface area contributed by atoms with Crippen molar-refractivity contribution < 1.29 is 13.2 Å². The van der Waals surface area contributed by atoms with Gasteiger partial charge in [-0.05, 0) is 49.4 Å². The molecule has 0 unspecified atom stereocenters. The Labute approximate surface area is 161 Å². The number of carbonyl (C=O) groups excluding carboxylic acids is 1. The Bertz CT molecular complexity index is 873. The van der Waals surface area contributed by atoms with Gasteiger partial charge in [0.05, 0.1) is 11.2 Å². The van der Waals surface area contributed by atoms with Gasteiger partial charge < -0.3 is 5.32 Å². The zero-order valence-electron chi connectivity index (χ0n) is 15.6. The highest BCUT2D eigenvalue weighted by Gasteiger charge is 2.45. The second kappa shape index (κ2) is 8.13. The van der Waals surface area contributed by atoms with Gasteiger partial charge in [-0.2, -0.15) is 0 Å². The number of benzene rings is 2. The first-order valence-corrected chi connectivity index (χ1v) is 11.0. The molecule has 0 radical (unpaired) electrons. The largest absolute Gasteiger partial charge is 0.355 e. The average Bonchev–Trinajstić information content (AvgIpc) is 2.63. The number of anilines is 1. The number of hydrogen-bond acceptors (Lipinski definition) is 3. The third-order valence-corrected chi connectivity index (χ3v) is 6.58. The van der Waals surface area contributed by atoms with Crippen molar-refractivity contribution in [1.29, 1.82) is 0 Å². The van der Waals surface area contributed by atoms with Gasteiger partial charge in [0.1, 0.15) is 0 Å². The van der Waals surface area contributed by atoms with Crippen LogP contribution in [0.1, 0.15) is 37.3 Å². The molecule has 1 aliphatic carbocycles. The fourth-order valence-electron chi connectivity index (χ4n) is 3.42. The smallest absolute Gasteiger partial charge is 0.232 e. The van der Waals surface area contributed by atoms with Crippen LogP contribution in [-0.4, -0.2) is 26.6 Å². The maximum Gasteiger partial charge on any atom is 0.232 e. The molecule has 27 heavy (non-hydrogen) atoms. The molecule has 2 aromatic rings. The Morgan fingerprint density at radius 3 is 2.26 bits per heavy atom. The fourth-order valence-corrected chi connectivity index (χ4v) is 4.06. The van der Waals surface area contributed by atoms with Gasteiger partial charge in [-0.3, -0.25) is 9.52 Å². The minimum atomic E-state index is -3.30. The number of hydrogen-bond donors (Lipinski definition) is 2. The topological polar surface area (TPSA) is 75.3 Å². The summed E-state index contributed by atoms with van der Waals surface area (Å²) in [5.41, 5.74) is 2.19. The van der Waals surface area contributed by atoms with E-state index in [0.29, 0.717) is 12.2 Å². The summed E-state index contributed by atoms with van der Waals surface area (Å²) in [6.45, 7) is 2.21. The molecule has 5 nitrogen and oxygen atoms in total. The van der Waals surface area contributed by atoms with E-state index in [4.69, 9.17) is 0 Å². The highest BCUT2D eigenvalue weighted by atomic mass is 32.2. The van der Waals surface area contributed by atoms with Gasteiger partial charge in [-0.25, -0.2) is 8.42 Å². The molecule has 6 heteroatoms. The van der Waals surface area contributed by atoms with Crippen LogP contribution in [0.4, 0.5) is 5.69 Å². The first-order chi connectivity index (χ1) is 13.0. The van der Waals surface area contributed by atoms with Gasteiger partial charge in [0.2, 0.25) is 15.9 Å². The summed E-state index contributed by atoms with van der Waals surface area (Å²) in [5, 5.41) is 3.08. The van der Waals surface area contributed by atoms with Gasteiger partial charge in [-0.15, -0.1) is 0 Å². The van der Waals surface area contributed by atoms with E-state index in [-0.39, 0.29) is 11.7 Å². The van der Waals surface area contributed by atoms with E-state index >= 15 is 0 Å². The molecule has 1 fully saturated rings. The molecule has 0 spiro atoms. The third kappa shape index (κ3) is 4.50. The van der Waals surface area contributed by atoms with Gasteiger partial charge >= 0.3 is 0 Å². The molecule has 0 atom stereocenters. The van der Waals surface area contributed by atoms with Crippen molar-refractivity contribution in [3.05, 3.63) is 65.7 Å². The maximum atomic E-state index is 12.9. The molecule has 0 aliphatic heterocycles. The van der Waals surface area contributed by atoms with Crippen molar-refractivity contribution in [3.8, 4) is 0 Å². The van der Waals surface area contributed by atoms with E-state index in [1.807, 2.05) is 30.3 Å². The van der Waals surface area contributed by atoms with Crippen LogP contribution in [0.5, 0.6) is 0 Å². The molecule has 0 aromatic heterocycles. The molecule has 0 saturated heterocycles. The summed E-state index contributed by atoms with van der Waals surface area (Å²) >= 11 is 0. The van der Waals surface area contributed by atoms with Crippen molar-refractivity contribution in [3.63, 3.8) is 0 Å². The highest BCUT2D eigenvalue weighted by molar-refractivity contribution is 7.92. The van der Waals surface area contributed by atoms with Crippen molar-refractivity contribution in [2.45, 2.75) is 38.0 Å². The molecule has 3 rings (SSSR count). The van der Waals surface area contributed by atoms with E-state index in [1.54, 1.807) is 19.1 Å². The van der Waals surface area contributed by atoms with E-state index in [1.165, 1.54) is 5.56 Å². The lowest BCUT2D eigenvalue weighted by Crippen LogP contribution is -2.49. The van der Waals surface area contributed by atoms with Crippen LogP contribution in [0.2, 0.25) is 0 Å². The summed E-state index contributed by atoms with van der Waals surface area (Å²) < 4.78 is 25.9. The standard InChI is InChI=1S/C21H26N2O3S/c1-2-27(25,26)23-19-11-9-18(10-12-19)21(14-6-15-21)20(24)22-16-13-17-7-4-3-5-8-17/h3-5,7-12,23H,2,6,13-16H2,1H3,(H,22,24). The van der Waals surface area contributed by atoms with Crippen LogP contribution in [-0.2, 0) is 26.7 Å². The Morgan fingerprint density at radius 1 is 1.04 bits per heavy atom. The summed E-state index contributed by atoms with van der Waals surface area (Å²) in [4.78, 5) is 12.9. The first kappa shape index (κ1) is 19.4. The molecule has 1 aliphatic rings. The summed E-state index contributed by atoms with van der Waals surface area (Å²) in [5.74, 6) is 0.0919. The van der Waals surface area contributed by atoms with Crippen molar-refractivity contribution in [2.24, 2.45) is 0 Å². The Balaban J connectivity index is 1.65.